The summed E-state index contributed by atoms with van der Waals surface area (Å²) in [6.07, 6.45) is 1.96. The van der Waals surface area contributed by atoms with Crippen LogP contribution in [0.5, 0.6) is 0 Å². The summed E-state index contributed by atoms with van der Waals surface area (Å²) in [4.78, 5) is 48.1. The van der Waals surface area contributed by atoms with Gasteiger partial charge in [-0.3, -0.25) is 14.4 Å². The first-order valence-corrected chi connectivity index (χ1v) is 9.34. The van der Waals surface area contributed by atoms with E-state index in [0.717, 1.165) is 6.42 Å². The first kappa shape index (κ1) is 23.8. The van der Waals surface area contributed by atoms with Crippen molar-refractivity contribution in [3.8, 4) is 0 Å². The van der Waals surface area contributed by atoms with Crippen molar-refractivity contribution in [3.63, 3.8) is 0 Å². The number of hydrogen-bond donors (Lipinski definition) is 7. The van der Waals surface area contributed by atoms with Crippen LogP contribution < -0.4 is 21.3 Å². The van der Waals surface area contributed by atoms with Gasteiger partial charge in [-0.15, -0.1) is 0 Å². The molecular formula is C17H30N4O7. The van der Waals surface area contributed by atoms with Crippen molar-refractivity contribution in [1.82, 2.24) is 21.3 Å². The fourth-order valence-corrected chi connectivity index (χ4v) is 2.78. The molecule has 0 aromatic rings. The molecule has 28 heavy (non-hydrogen) atoms. The highest BCUT2D eigenvalue weighted by Crippen LogP contribution is 2.09. The van der Waals surface area contributed by atoms with E-state index in [-0.39, 0.29) is 5.92 Å². The van der Waals surface area contributed by atoms with Crippen LogP contribution in [0.3, 0.4) is 0 Å². The minimum atomic E-state index is -1.50. The SMILES string of the molecule is CCC(C)C(NC(=O)C(CO)NC(=O)C1CCCN1)C(=O)NC(CO)C(=O)O. The second-order valence-electron chi connectivity index (χ2n) is 6.85. The van der Waals surface area contributed by atoms with Crippen molar-refractivity contribution < 1.29 is 34.5 Å². The van der Waals surface area contributed by atoms with Crippen LogP contribution in [0.2, 0.25) is 0 Å². The van der Waals surface area contributed by atoms with Crippen molar-refractivity contribution >= 4 is 23.7 Å². The van der Waals surface area contributed by atoms with Crippen molar-refractivity contribution in [2.75, 3.05) is 19.8 Å². The first-order chi connectivity index (χ1) is 13.2. The predicted octanol–water partition coefficient (Wildman–Crippen LogP) is -2.69. The van der Waals surface area contributed by atoms with Crippen molar-refractivity contribution in [2.45, 2.75) is 57.3 Å². The molecule has 1 saturated heterocycles. The van der Waals surface area contributed by atoms with Gasteiger partial charge >= 0.3 is 5.97 Å². The number of amides is 3. The molecule has 7 N–H and O–H groups in total. The zero-order valence-electron chi connectivity index (χ0n) is 16.1. The number of hydrogen-bond acceptors (Lipinski definition) is 7. The Kier molecular flexibility index (Phi) is 9.83. The van der Waals surface area contributed by atoms with Gasteiger partial charge in [0.05, 0.1) is 19.3 Å². The Bertz CT molecular complexity index is 566. The summed E-state index contributed by atoms with van der Waals surface area (Å²) in [6.45, 7) is 2.71. The lowest BCUT2D eigenvalue weighted by molar-refractivity contribution is -0.143. The number of rotatable bonds is 11. The maximum Gasteiger partial charge on any atom is 0.328 e. The Balaban J connectivity index is 2.79. The molecule has 0 aliphatic carbocycles. The molecule has 0 radical (unpaired) electrons. The van der Waals surface area contributed by atoms with Gasteiger partial charge in [-0.05, 0) is 25.3 Å². The van der Waals surface area contributed by atoms with E-state index in [2.05, 4.69) is 21.3 Å². The average Bonchev–Trinajstić information content (AvgIpc) is 3.21. The minimum Gasteiger partial charge on any atom is -0.480 e. The number of aliphatic hydroxyl groups is 2. The number of nitrogens with one attached hydrogen (secondary N) is 4. The van der Waals surface area contributed by atoms with Gasteiger partial charge in [-0.2, -0.15) is 0 Å². The molecule has 1 fully saturated rings. The zero-order chi connectivity index (χ0) is 21.3. The molecule has 5 atom stereocenters. The standard InChI is InChI=1S/C17H30N4O7/c1-3-9(2)13(16(26)20-12(8-23)17(27)28)21-15(25)11(7-22)19-14(24)10-5-4-6-18-10/h9-13,18,22-23H,3-8H2,1-2H3,(H,19,24)(H,20,26)(H,21,25)(H,27,28). The van der Waals surface area contributed by atoms with Gasteiger partial charge in [0.2, 0.25) is 17.7 Å². The summed E-state index contributed by atoms with van der Waals surface area (Å²) in [6, 6.07) is -4.28. The monoisotopic (exact) mass is 402 g/mol. The maximum absolute atomic E-state index is 12.5. The van der Waals surface area contributed by atoms with E-state index >= 15 is 0 Å². The topological polar surface area (TPSA) is 177 Å². The van der Waals surface area contributed by atoms with Crippen LogP contribution in [0, 0.1) is 5.92 Å². The molecule has 3 amide bonds. The van der Waals surface area contributed by atoms with Crippen molar-refractivity contribution in [1.29, 1.82) is 0 Å². The Morgan fingerprint density at radius 1 is 1.04 bits per heavy atom. The van der Waals surface area contributed by atoms with E-state index in [4.69, 9.17) is 10.2 Å². The van der Waals surface area contributed by atoms with E-state index in [1.807, 2.05) is 0 Å². The molecule has 11 heteroatoms. The molecule has 0 saturated carbocycles. The quantitative estimate of drug-likeness (QED) is 0.195. The molecular weight excluding hydrogens is 372 g/mol. The van der Waals surface area contributed by atoms with E-state index in [1.54, 1.807) is 13.8 Å². The molecule has 5 unspecified atom stereocenters. The largest absolute Gasteiger partial charge is 0.480 e. The van der Waals surface area contributed by atoms with Crippen LogP contribution in [-0.2, 0) is 19.2 Å². The third kappa shape index (κ3) is 6.73. The maximum atomic E-state index is 12.5. The third-order valence-corrected chi connectivity index (χ3v) is 4.78. The fourth-order valence-electron chi connectivity index (χ4n) is 2.78. The van der Waals surface area contributed by atoms with Crippen LogP contribution >= 0.6 is 0 Å². The second-order valence-corrected chi connectivity index (χ2v) is 6.85. The lowest BCUT2D eigenvalue weighted by Gasteiger charge is -2.27. The van der Waals surface area contributed by atoms with E-state index in [9.17, 15) is 24.3 Å². The average molecular weight is 402 g/mol. The number of carbonyl (C=O) groups is 4. The summed E-state index contributed by atoms with van der Waals surface area (Å²) >= 11 is 0. The number of carbonyl (C=O) groups excluding carboxylic acids is 3. The highest BCUT2D eigenvalue weighted by Gasteiger charge is 2.33. The number of aliphatic carboxylic acids is 1. The number of aliphatic hydroxyl groups excluding tert-OH is 2. The molecule has 1 heterocycles. The van der Waals surface area contributed by atoms with Crippen LogP contribution in [0.1, 0.15) is 33.1 Å². The molecule has 11 nitrogen and oxygen atoms in total. The van der Waals surface area contributed by atoms with Gasteiger partial charge in [0.1, 0.15) is 18.1 Å². The summed E-state index contributed by atoms with van der Waals surface area (Å²) in [5.41, 5.74) is 0. The Morgan fingerprint density at radius 2 is 1.68 bits per heavy atom. The normalized spacial score (nSPS) is 20.5. The van der Waals surface area contributed by atoms with E-state index in [0.29, 0.717) is 19.4 Å². The molecule has 0 aromatic carbocycles. The van der Waals surface area contributed by atoms with Crippen LogP contribution in [0.4, 0.5) is 0 Å². The van der Waals surface area contributed by atoms with Crippen LogP contribution in [0.25, 0.3) is 0 Å². The molecule has 160 valence electrons. The van der Waals surface area contributed by atoms with Gasteiger partial charge in [0, 0.05) is 0 Å². The van der Waals surface area contributed by atoms with Gasteiger partial charge in [-0.1, -0.05) is 20.3 Å². The lowest BCUT2D eigenvalue weighted by atomic mass is 9.97. The Morgan fingerprint density at radius 3 is 2.14 bits per heavy atom. The summed E-state index contributed by atoms with van der Waals surface area (Å²) < 4.78 is 0. The third-order valence-electron chi connectivity index (χ3n) is 4.78. The molecule has 0 bridgehead atoms. The second kappa shape index (κ2) is 11.6. The Labute approximate surface area is 163 Å². The van der Waals surface area contributed by atoms with Gasteiger partial charge in [0.25, 0.3) is 0 Å². The molecule has 1 rings (SSSR count). The molecule has 1 aliphatic rings. The number of carboxylic acid groups (broad SMARTS) is 1. The van der Waals surface area contributed by atoms with E-state index < -0.39 is 61.1 Å². The van der Waals surface area contributed by atoms with E-state index in [1.165, 1.54) is 0 Å². The highest BCUT2D eigenvalue weighted by molar-refractivity contribution is 5.94. The number of carboxylic acids is 1. The van der Waals surface area contributed by atoms with Crippen LogP contribution in [-0.4, -0.2) is 82.9 Å². The van der Waals surface area contributed by atoms with Gasteiger partial charge < -0.3 is 36.6 Å². The van der Waals surface area contributed by atoms with Crippen molar-refractivity contribution in [2.24, 2.45) is 5.92 Å². The molecule has 1 aliphatic heterocycles. The summed E-state index contributed by atoms with van der Waals surface area (Å²) in [7, 11) is 0. The predicted molar refractivity (Wildman–Crippen MR) is 98.1 cm³/mol. The Hall–Kier alpha value is -2.24. The lowest BCUT2D eigenvalue weighted by Crippen LogP contribution is -2.59. The summed E-state index contributed by atoms with van der Waals surface area (Å²) in [5, 5.41) is 37.6. The minimum absolute atomic E-state index is 0.358. The smallest absolute Gasteiger partial charge is 0.328 e. The van der Waals surface area contributed by atoms with Gasteiger partial charge in [0.15, 0.2) is 0 Å². The summed E-state index contributed by atoms with van der Waals surface area (Å²) in [5.74, 6) is -3.71. The first-order valence-electron chi connectivity index (χ1n) is 9.34. The van der Waals surface area contributed by atoms with Crippen LogP contribution in [0.15, 0.2) is 0 Å². The fraction of sp³-hybridized carbons (Fsp3) is 0.765. The highest BCUT2D eigenvalue weighted by atomic mass is 16.4. The van der Waals surface area contributed by atoms with Gasteiger partial charge in [-0.25, -0.2) is 4.79 Å². The molecule has 0 spiro atoms. The zero-order valence-corrected chi connectivity index (χ0v) is 16.1. The molecule has 0 aromatic heterocycles. The van der Waals surface area contributed by atoms with Crippen molar-refractivity contribution in [3.05, 3.63) is 0 Å².